The third kappa shape index (κ3) is 2.02. The number of carbonyl (C=O) groups excluding carboxylic acids is 1. The van der Waals surface area contributed by atoms with Crippen LogP contribution < -0.4 is 5.73 Å². The van der Waals surface area contributed by atoms with Gasteiger partial charge in [0.1, 0.15) is 0 Å². The van der Waals surface area contributed by atoms with E-state index >= 15 is 0 Å². The molecule has 1 aliphatic carbocycles. The van der Waals surface area contributed by atoms with E-state index in [2.05, 4.69) is 4.98 Å². The SMILES string of the molecule is N[C@H]1CCc2cc(C(=O)c3cccc4cnccc34)ccc21. The molecule has 1 heterocycles. The Labute approximate surface area is 128 Å². The first-order valence-electron chi connectivity index (χ1n) is 7.50. The van der Waals surface area contributed by atoms with Crippen LogP contribution in [0.2, 0.25) is 0 Å². The summed E-state index contributed by atoms with van der Waals surface area (Å²) in [5.74, 6) is 0.0556. The lowest BCUT2D eigenvalue weighted by Crippen LogP contribution is -2.06. The quantitative estimate of drug-likeness (QED) is 0.735. The number of carbonyl (C=O) groups is 1. The molecule has 3 nitrogen and oxygen atoms in total. The molecule has 4 rings (SSSR count). The summed E-state index contributed by atoms with van der Waals surface area (Å²) < 4.78 is 0. The smallest absolute Gasteiger partial charge is 0.193 e. The first-order chi connectivity index (χ1) is 10.7. The normalized spacial score (nSPS) is 16.7. The first kappa shape index (κ1) is 13.2. The molecule has 0 saturated carbocycles. The van der Waals surface area contributed by atoms with Crippen molar-refractivity contribution in [1.29, 1.82) is 0 Å². The van der Waals surface area contributed by atoms with E-state index in [4.69, 9.17) is 5.73 Å². The minimum atomic E-state index is 0.0556. The maximum atomic E-state index is 12.9. The Kier molecular flexibility index (Phi) is 3.01. The topological polar surface area (TPSA) is 56.0 Å². The number of ketones is 1. The van der Waals surface area contributed by atoms with Crippen molar-refractivity contribution in [3.05, 3.63) is 77.1 Å². The number of hydrogen-bond donors (Lipinski definition) is 1. The number of aromatic nitrogens is 1. The number of hydrogen-bond acceptors (Lipinski definition) is 3. The first-order valence-corrected chi connectivity index (χ1v) is 7.50. The zero-order valence-corrected chi connectivity index (χ0v) is 12.1. The molecule has 2 aromatic carbocycles. The molecule has 0 bridgehead atoms. The standard InChI is InChI=1S/C19H16N2O/c20-18-7-5-12-10-13(4-6-16(12)18)19(22)17-3-1-2-14-11-21-9-8-15(14)17/h1-4,6,8-11,18H,5,7,20H2/t18-/m0/s1. The fourth-order valence-electron chi connectivity index (χ4n) is 3.27. The molecule has 22 heavy (non-hydrogen) atoms. The molecular formula is C19H16N2O. The lowest BCUT2D eigenvalue weighted by atomic mass is 9.96. The minimum Gasteiger partial charge on any atom is -0.324 e. The van der Waals surface area contributed by atoms with Crippen LogP contribution in [0.25, 0.3) is 10.8 Å². The van der Waals surface area contributed by atoms with Crippen LogP contribution in [0.3, 0.4) is 0 Å². The van der Waals surface area contributed by atoms with Crippen LogP contribution >= 0.6 is 0 Å². The van der Waals surface area contributed by atoms with Gasteiger partial charge in [-0.25, -0.2) is 0 Å². The molecule has 1 aliphatic rings. The van der Waals surface area contributed by atoms with E-state index in [9.17, 15) is 4.79 Å². The fraction of sp³-hybridized carbons (Fsp3) is 0.158. The number of rotatable bonds is 2. The van der Waals surface area contributed by atoms with Gasteiger partial charge >= 0.3 is 0 Å². The molecule has 0 fully saturated rings. The van der Waals surface area contributed by atoms with Crippen molar-refractivity contribution in [3.8, 4) is 0 Å². The zero-order valence-electron chi connectivity index (χ0n) is 12.1. The number of nitrogens with two attached hydrogens (primary N) is 1. The summed E-state index contributed by atoms with van der Waals surface area (Å²) in [5.41, 5.74) is 9.91. The second kappa shape index (κ2) is 5.04. The van der Waals surface area contributed by atoms with Crippen LogP contribution in [0.15, 0.2) is 54.9 Å². The number of benzene rings is 2. The molecule has 3 heteroatoms. The highest BCUT2D eigenvalue weighted by atomic mass is 16.1. The lowest BCUT2D eigenvalue weighted by Gasteiger charge is -2.08. The molecule has 0 unspecified atom stereocenters. The summed E-state index contributed by atoms with van der Waals surface area (Å²) in [6.07, 6.45) is 5.43. The maximum absolute atomic E-state index is 12.9. The monoisotopic (exact) mass is 288 g/mol. The van der Waals surface area contributed by atoms with E-state index in [1.807, 2.05) is 42.5 Å². The Morgan fingerprint density at radius 1 is 1.18 bits per heavy atom. The van der Waals surface area contributed by atoms with E-state index in [1.54, 1.807) is 12.4 Å². The Bertz CT molecular complexity index is 880. The van der Waals surface area contributed by atoms with Gasteiger partial charge in [0.2, 0.25) is 0 Å². The highest BCUT2D eigenvalue weighted by Gasteiger charge is 2.21. The van der Waals surface area contributed by atoms with Crippen LogP contribution in [0.1, 0.15) is 39.5 Å². The highest BCUT2D eigenvalue weighted by Crippen LogP contribution is 2.31. The Hall–Kier alpha value is -2.52. The van der Waals surface area contributed by atoms with Gasteiger partial charge in [-0.3, -0.25) is 9.78 Å². The van der Waals surface area contributed by atoms with Gasteiger partial charge in [0.25, 0.3) is 0 Å². The Balaban J connectivity index is 1.81. The number of fused-ring (bicyclic) bond motifs is 2. The van der Waals surface area contributed by atoms with Gasteiger partial charge in [0.05, 0.1) is 0 Å². The molecule has 0 spiro atoms. The van der Waals surface area contributed by atoms with Crippen molar-refractivity contribution in [2.75, 3.05) is 0 Å². The van der Waals surface area contributed by atoms with Gasteiger partial charge in [-0.2, -0.15) is 0 Å². The van der Waals surface area contributed by atoms with Crippen LogP contribution in [0, 0.1) is 0 Å². The van der Waals surface area contributed by atoms with Crippen LogP contribution in [-0.4, -0.2) is 10.8 Å². The van der Waals surface area contributed by atoms with Gasteiger partial charge in [0, 0.05) is 34.9 Å². The largest absolute Gasteiger partial charge is 0.324 e. The predicted octanol–water partition coefficient (Wildman–Crippen LogP) is 3.41. The summed E-state index contributed by atoms with van der Waals surface area (Å²) >= 11 is 0. The molecule has 0 saturated heterocycles. The number of nitrogens with zero attached hydrogens (tertiary/aromatic N) is 1. The molecule has 3 aromatic rings. The number of pyridine rings is 1. The molecule has 0 radical (unpaired) electrons. The Morgan fingerprint density at radius 2 is 2.09 bits per heavy atom. The third-order valence-corrected chi connectivity index (χ3v) is 4.45. The van der Waals surface area contributed by atoms with Gasteiger partial charge in [-0.15, -0.1) is 0 Å². The molecule has 2 N–H and O–H groups in total. The van der Waals surface area contributed by atoms with Crippen molar-refractivity contribution in [2.45, 2.75) is 18.9 Å². The van der Waals surface area contributed by atoms with E-state index < -0.39 is 0 Å². The van der Waals surface area contributed by atoms with Crippen LogP contribution in [-0.2, 0) is 6.42 Å². The second-order valence-electron chi connectivity index (χ2n) is 5.79. The second-order valence-corrected chi connectivity index (χ2v) is 5.79. The minimum absolute atomic E-state index is 0.0556. The predicted molar refractivity (Wildman–Crippen MR) is 86.9 cm³/mol. The zero-order chi connectivity index (χ0) is 15.1. The average molecular weight is 288 g/mol. The van der Waals surface area contributed by atoms with E-state index in [0.717, 1.165) is 34.7 Å². The molecule has 108 valence electrons. The van der Waals surface area contributed by atoms with Crippen molar-refractivity contribution in [1.82, 2.24) is 4.98 Å². The summed E-state index contributed by atoms with van der Waals surface area (Å²) in [6.45, 7) is 0. The molecular weight excluding hydrogens is 272 g/mol. The molecule has 0 amide bonds. The van der Waals surface area contributed by atoms with Crippen LogP contribution in [0.5, 0.6) is 0 Å². The summed E-state index contributed by atoms with van der Waals surface area (Å²) in [7, 11) is 0. The molecule has 0 aliphatic heterocycles. The van der Waals surface area contributed by atoms with Gasteiger partial charge in [0.15, 0.2) is 5.78 Å². The van der Waals surface area contributed by atoms with Gasteiger partial charge in [-0.1, -0.05) is 30.3 Å². The highest BCUT2D eigenvalue weighted by molar-refractivity contribution is 6.16. The molecule has 1 aromatic heterocycles. The third-order valence-electron chi connectivity index (χ3n) is 4.45. The van der Waals surface area contributed by atoms with Crippen molar-refractivity contribution in [2.24, 2.45) is 5.73 Å². The van der Waals surface area contributed by atoms with Crippen molar-refractivity contribution in [3.63, 3.8) is 0 Å². The summed E-state index contributed by atoms with van der Waals surface area (Å²) in [5, 5.41) is 1.93. The summed E-state index contributed by atoms with van der Waals surface area (Å²) in [6, 6.07) is 13.7. The van der Waals surface area contributed by atoms with E-state index in [1.165, 1.54) is 11.1 Å². The van der Waals surface area contributed by atoms with Crippen molar-refractivity contribution >= 4 is 16.6 Å². The van der Waals surface area contributed by atoms with E-state index in [-0.39, 0.29) is 11.8 Å². The fourth-order valence-corrected chi connectivity index (χ4v) is 3.27. The Morgan fingerprint density at radius 3 is 3.00 bits per heavy atom. The van der Waals surface area contributed by atoms with Gasteiger partial charge < -0.3 is 5.73 Å². The summed E-state index contributed by atoms with van der Waals surface area (Å²) in [4.78, 5) is 17.0. The van der Waals surface area contributed by atoms with Crippen molar-refractivity contribution < 1.29 is 4.79 Å². The average Bonchev–Trinajstić information content (AvgIpc) is 2.94. The number of aryl methyl sites for hydroxylation is 1. The van der Waals surface area contributed by atoms with Gasteiger partial charge in [-0.05, 0) is 41.5 Å². The van der Waals surface area contributed by atoms with Crippen LogP contribution in [0.4, 0.5) is 0 Å². The maximum Gasteiger partial charge on any atom is 0.193 e. The molecule has 1 atom stereocenters. The van der Waals surface area contributed by atoms with E-state index in [0.29, 0.717) is 0 Å². The lowest BCUT2D eigenvalue weighted by molar-refractivity contribution is 0.104.